The predicted octanol–water partition coefficient (Wildman–Crippen LogP) is 1.74. The van der Waals surface area contributed by atoms with Crippen LogP contribution in [-0.4, -0.2) is 32.8 Å². The number of imidazole rings is 1. The van der Waals surface area contributed by atoms with Gasteiger partial charge in [-0.25, -0.2) is 9.98 Å². The van der Waals surface area contributed by atoms with Crippen molar-refractivity contribution in [3.8, 4) is 17.2 Å². The molecule has 3 aromatic rings. The molecule has 5 N–H and O–H groups in total. The number of phenols is 2. The van der Waals surface area contributed by atoms with E-state index < -0.39 is 6.17 Å². The number of phenolic OH excluding ortho intramolecular Hbond substituents is 2. The third-order valence-electron chi connectivity index (χ3n) is 3.94. The summed E-state index contributed by atoms with van der Waals surface area (Å²) in [5.41, 5.74) is 8.15. The Bertz CT molecular complexity index is 979. The molecule has 0 spiro atoms. The van der Waals surface area contributed by atoms with Gasteiger partial charge in [0.1, 0.15) is 0 Å². The molecule has 4 rings (SSSR count). The Morgan fingerprint density at radius 2 is 2.04 bits per heavy atom. The van der Waals surface area contributed by atoms with E-state index in [0.717, 1.165) is 11.0 Å². The molecular weight excluding hydrogens is 310 g/mol. The highest BCUT2D eigenvalue weighted by Gasteiger charge is 2.26. The average Bonchev–Trinajstić information content (AvgIpc) is 2.94. The number of nitrogens with zero attached hydrogens (tertiary/aromatic N) is 3. The lowest BCUT2D eigenvalue weighted by molar-refractivity contribution is 0.349. The minimum absolute atomic E-state index is 0.156. The highest BCUT2D eigenvalue weighted by molar-refractivity contribution is 5.94. The third kappa shape index (κ3) is 2.00. The van der Waals surface area contributed by atoms with Gasteiger partial charge >= 0.3 is 0 Å². The van der Waals surface area contributed by atoms with Crippen molar-refractivity contribution < 1.29 is 14.9 Å². The fraction of sp³-hybridized carbons (Fsp3) is 0.125. The average molecular weight is 325 g/mol. The van der Waals surface area contributed by atoms with Gasteiger partial charge in [0.25, 0.3) is 0 Å². The number of anilines is 1. The summed E-state index contributed by atoms with van der Waals surface area (Å²) in [5, 5.41) is 22.7. The van der Waals surface area contributed by atoms with Crippen LogP contribution in [0.3, 0.4) is 0 Å². The Morgan fingerprint density at radius 3 is 2.83 bits per heavy atom. The summed E-state index contributed by atoms with van der Waals surface area (Å²) in [7, 11) is 1.41. The van der Waals surface area contributed by atoms with Gasteiger partial charge in [-0.2, -0.15) is 0 Å². The van der Waals surface area contributed by atoms with E-state index in [2.05, 4.69) is 15.3 Å². The summed E-state index contributed by atoms with van der Waals surface area (Å²) < 4.78 is 6.98. The van der Waals surface area contributed by atoms with Crippen LogP contribution in [-0.2, 0) is 0 Å². The van der Waals surface area contributed by atoms with E-state index in [-0.39, 0.29) is 23.2 Å². The number of fused-ring (bicyclic) bond motifs is 3. The molecule has 24 heavy (non-hydrogen) atoms. The van der Waals surface area contributed by atoms with Gasteiger partial charge in [0.2, 0.25) is 11.7 Å². The van der Waals surface area contributed by atoms with Gasteiger partial charge < -0.3 is 20.7 Å². The number of guanidine groups is 1. The topological polar surface area (TPSA) is 118 Å². The fourth-order valence-electron chi connectivity index (χ4n) is 2.86. The third-order valence-corrected chi connectivity index (χ3v) is 3.94. The monoisotopic (exact) mass is 325 g/mol. The van der Waals surface area contributed by atoms with Crippen LogP contribution in [0.15, 0.2) is 41.4 Å². The second-order valence-electron chi connectivity index (χ2n) is 5.40. The normalized spacial score (nSPS) is 16.4. The molecule has 0 fully saturated rings. The van der Waals surface area contributed by atoms with Crippen LogP contribution in [0.25, 0.3) is 11.0 Å². The molecule has 8 nitrogen and oxygen atoms in total. The van der Waals surface area contributed by atoms with Gasteiger partial charge in [-0.1, -0.05) is 12.1 Å². The molecule has 1 aliphatic heterocycles. The zero-order valence-corrected chi connectivity index (χ0v) is 12.8. The maximum atomic E-state index is 9.97. The second-order valence-corrected chi connectivity index (χ2v) is 5.40. The van der Waals surface area contributed by atoms with Gasteiger partial charge in [0.15, 0.2) is 23.6 Å². The summed E-state index contributed by atoms with van der Waals surface area (Å²) in [6.45, 7) is 0. The Hall–Kier alpha value is -3.42. The second kappa shape index (κ2) is 5.05. The van der Waals surface area contributed by atoms with Gasteiger partial charge in [-0.3, -0.25) is 9.88 Å². The minimum Gasteiger partial charge on any atom is -0.504 e. The summed E-state index contributed by atoms with van der Waals surface area (Å²) in [6, 6.07) is 10.7. The van der Waals surface area contributed by atoms with E-state index in [1.165, 1.54) is 13.2 Å². The first-order chi connectivity index (χ1) is 11.6. The lowest BCUT2D eigenvalue weighted by Gasteiger charge is -2.24. The number of benzene rings is 2. The van der Waals surface area contributed by atoms with Crippen LogP contribution < -0.4 is 15.8 Å². The van der Waals surface area contributed by atoms with E-state index in [1.54, 1.807) is 6.07 Å². The molecular formula is C16H15N5O3. The maximum absolute atomic E-state index is 9.97. The minimum atomic E-state index is -0.547. The van der Waals surface area contributed by atoms with E-state index in [0.29, 0.717) is 11.5 Å². The first kappa shape index (κ1) is 14.2. The van der Waals surface area contributed by atoms with Crippen LogP contribution in [0.2, 0.25) is 0 Å². The van der Waals surface area contributed by atoms with Crippen molar-refractivity contribution >= 4 is 22.9 Å². The number of ether oxygens (including phenoxy) is 1. The standard InChI is InChI=1S/C16H15N5O3/c1-24-12-7-8(6-11(22)13(12)23)14-19-15(17)20-16-18-9-4-2-3-5-10(9)21(14)16/h2-7,14,22-23H,1H3,(H3,17,18,19,20). The molecule has 0 amide bonds. The molecule has 122 valence electrons. The first-order valence-corrected chi connectivity index (χ1v) is 7.25. The van der Waals surface area contributed by atoms with Crippen LogP contribution in [0.1, 0.15) is 11.7 Å². The lowest BCUT2D eigenvalue weighted by atomic mass is 10.1. The van der Waals surface area contributed by atoms with Crippen molar-refractivity contribution in [1.82, 2.24) is 9.55 Å². The number of methoxy groups -OCH3 is 1. The van der Waals surface area contributed by atoms with E-state index in [9.17, 15) is 10.2 Å². The van der Waals surface area contributed by atoms with Crippen LogP contribution in [0.5, 0.6) is 17.2 Å². The SMILES string of the molecule is COc1cc(C2N=C(N)Nc3nc4ccccc4n32)cc(O)c1O. The number of aromatic hydroxyl groups is 2. The van der Waals surface area contributed by atoms with Crippen molar-refractivity contribution in [2.24, 2.45) is 10.7 Å². The summed E-state index contributed by atoms with van der Waals surface area (Å²) >= 11 is 0. The number of nitrogens with two attached hydrogens (primary N) is 1. The Labute approximate surface area is 136 Å². The number of hydrogen-bond acceptors (Lipinski definition) is 7. The molecule has 1 unspecified atom stereocenters. The smallest absolute Gasteiger partial charge is 0.212 e. The van der Waals surface area contributed by atoms with Gasteiger partial charge in [-0.05, 0) is 24.3 Å². The summed E-state index contributed by atoms with van der Waals surface area (Å²) in [6.07, 6.45) is -0.547. The van der Waals surface area contributed by atoms with Gasteiger partial charge in [0, 0.05) is 5.56 Å². The molecule has 0 saturated carbocycles. The summed E-state index contributed by atoms with van der Waals surface area (Å²) in [4.78, 5) is 8.93. The molecule has 0 radical (unpaired) electrons. The number of rotatable bonds is 2. The lowest BCUT2D eigenvalue weighted by Crippen LogP contribution is -2.31. The largest absolute Gasteiger partial charge is 0.504 e. The van der Waals surface area contributed by atoms with E-state index >= 15 is 0 Å². The van der Waals surface area contributed by atoms with Crippen molar-refractivity contribution in [2.75, 3.05) is 12.4 Å². The molecule has 2 heterocycles. The van der Waals surface area contributed by atoms with Crippen LogP contribution in [0, 0.1) is 0 Å². The number of hydrogen-bond donors (Lipinski definition) is 4. The van der Waals surface area contributed by atoms with Crippen LogP contribution in [0.4, 0.5) is 5.95 Å². The molecule has 1 aromatic heterocycles. The number of nitrogens with one attached hydrogen (secondary N) is 1. The highest BCUT2D eigenvalue weighted by Crippen LogP contribution is 2.41. The van der Waals surface area contributed by atoms with Gasteiger partial charge in [-0.15, -0.1) is 0 Å². The summed E-state index contributed by atoms with van der Waals surface area (Å²) in [5.74, 6) is 0.323. The van der Waals surface area contributed by atoms with Crippen LogP contribution >= 0.6 is 0 Å². The number of aliphatic imine (C=N–C) groups is 1. The zero-order chi connectivity index (χ0) is 16.8. The Kier molecular flexibility index (Phi) is 2.99. The molecule has 0 aliphatic carbocycles. The maximum Gasteiger partial charge on any atom is 0.212 e. The molecule has 2 aromatic carbocycles. The Balaban J connectivity index is 1.96. The van der Waals surface area contributed by atoms with E-state index in [4.69, 9.17) is 10.5 Å². The highest BCUT2D eigenvalue weighted by atomic mass is 16.5. The zero-order valence-electron chi connectivity index (χ0n) is 12.8. The quantitative estimate of drug-likeness (QED) is 0.533. The number of aromatic nitrogens is 2. The van der Waals surface area contributed by atoms with Crippen molar-refractivity contribution in [3.63, 3.8) is 0 Å². The molecule has 0 saturated heterocycles. The molecule has 8 heteroatoms. The molecule has 1 aliphatic rings. The van der Waals surface area contributed by atoms with Crippen molar-refractivity contribution in [1.29, 1.82) is 0 Å². The fourth-order valence-corrected chi connectivity index (χ4v) is 2.86. The first-order valence-electron chi connectivity index (χ1n) is 7.25. The van der Waals surface area contributed by atoms with Gasteiger partial charge in [0.05, 0.1) is 18.1 Å². The predicted molar refractivity (Wildman–Crippen MR) is 89.4 cm³/mol. The molecule has 1 atom stereocenters. The Morgan fingerprint density at radius 1 is 1.25 bits per heavy atom. The van der Waals surface area contributed by atoms with E-state index in [1.807, 2.05) is 28.8 Å². The van der Waals surface area contributed by atoms with Crippen molar-refractivity contribution in [3.05, 3.63) is 42.0 Å². The van der Waals surface area contributed by atoms with Crippen molar-refractivity contribution in [2.45, 2.75) is 6.17 Å². The number of para-hydroxylation sites is 2. The molecule has 0 bridgehead atoms.